The number of H-pyrrole nitrogens is 1. The van der Waals surface area contributed by atoms with Gasteiger partial charge in [-0.25, -0.2) is 23.5 Å². The van der Waals surface area contributed by atoms with Crippen molar-refractivity contribution in [2.75, 3.05) is 4.90 Å². The molecular formula is C33H26F2N6O2. The van der Waals surface area contributed by atoms with Crippen LogP contribution in [0.3, 0.4) is 0 Å². The van der Waals surface area contributed by atoms with Crippen LogP contribution in [0, 0.1) is 11.6 Å². The number of amides is 1. The maximum Gasteiger partial charge on any atom is 0.425 e. The Hall–Kier alpha value is -5.51. The zero-order valence-electron chi connectivity index (χ0n) is 23.3. The third kappa shape index (κ3) is 5.94. The number of rotatable bonds is 7. The Morgan fingerprint density at radius 3 is 2.12 bits per heavy atom. The summed E-state index contributed by atoms with van der Waals surface area (Å²) in [5.74, 6) is -0.890. The van der Waals surface area contributed by atoms with Crippen LogP contribution in [0.5, 0.6) is 5.88 Å². The smallest absolute Gasteiger partial charge is 0.390 e. The van der Waals surface area contributed by atoms with Crippen molar-refractivity contribution in [2.24, 2.45) is 0 Å². The zero-order chi connectivity index (χ0) is 29.9. The fraction of sp³-hybridized carbons (Fsp3) is 0.121. The SMILES string of the molecule is CC(C)c1[nH]nc2nc(Cc3ccc(-c4cc(F)cc(F)c4)nc3)nc(OC(=O)N(c3ccccc3)c3ccccc3)c12. The van der Waals surface area contributed by atoms with Crippen molar-refractivity contribution < 1.29 is 18.3 Å². The number of pyridine rings is 1. The van der Waals surface area contributed by atoms with E-state index in [0.717, 1.165) is 17.3 Å². The molecule has 0 spiro atoms. The summed E-state index contributed by atoms with van der Waals surface area (Å²) in [6, 6.07) is 25.1. The summed E-state index contributed by atoms with van der Waals surface area (Å²) in [5.41, 5.74) is 3.85. The highest BCUT2D eigenvalue weighted by molar-refractivity contribution is 5.98. The van der Waals surface area contributed by atoms with E-state index in [1.165, 1.54) is 17.0 Å². The van der Waals surface area contributed by atoms with Gasteiger partial charge in [-0.1, -0.05) is 56.3 Å². The Morgan fingerprint density at radius 1 is 0.884 bits per heavy atom. The number of hydrogen-bond acceptors (Lipinski definition) is 6. The normalized spacial score (nSPS) is 11.2. The molecule has 6 aromatic rings. The number of aromatic amines is 1. The molecular weight excluding hydrogens is 550 g/mol. The summed E-state index contributed by atoms with van der Waals surface area (Å²) in [7, 11) is 0. The van der Waals surface area contributed by atoms with Crippen molar-refractivity contribution in [3.8, 4) is 17.1 Å². The van der Waals surface area contributed by atoms with Gasteiger partial charge in [0.1, 0.15) is 22.8 Å². The molecule has 214 valence electrons. The second-order valence-corrected chi connectivity index (χ2v) is 10.2. The number of hydrogen-bond donors (Lipinski definition) is 1. The van der Waals surface area contributed by atoms with Gasteiger partial charge in [-0.15, -0.1) is 0 Å². The standard InChI is InChI=1S/C33H26F2N6O2/c1-20(2)30-29-31(40-39-30)37-28(15-21-13-14-27(36-19-21)22-16-23(34)18-24(35)17-22)38-32(29)43-33(42)41(25-9-5-3-6-10-25)26-11-7-4-8-12-26/h3-14,16-20H,15H2,1-2H3,(H,37,38,39,40). The van der Waals surface area contributed by atoms with E-state index in [0.29, 0.717) is 39.5 Å². The number of para-hydroxylation sites is 2. The molecule has 0 radical (unpaired) electrons. The lowest BCUT2D eigenvalue weighted by Gasteiger charge is -2.22. The Kier molecular flexibility index (Phi) is 7.57. The number of nitrogens with one attached hydrogen (secondary N) is 1. The van der Waals surface area contributed by atoms with Gasteiger partial charge < -0.3 is 4.74 Å². The van der Waals surface area contributed by atoms with E-state index in [-0.39, 0.29) is 18.2 Å². The molecule has 0 unspecified atom stereocenters. The van der Waals surface area contributed by atoms with Crippen LogP contribution in [0.15, 0.2) is 97.2 Å². The van der Waals surface area contributed by atoms with Gasteiger partial charge in [-0.2, -0.15) is 10.1 Å². The van der Waals surface area contributed by atoms with E-state index in [1.54, 1.807) is 18.3 Å². The number of aromatic nitrogens is 5. The van der Waals surface area contributed by atoms with Crippen LogP contribution in [0.2, 0.25) is 0 Å². The molecule has 0 fully saturated rings. The van der Waals surface area contributed by atoms with E-state index in [9.17, 15) is 13.6 Å². The lowest BCUT2D eigenvalue weighted by Crippen LogP contribution is -2.29. The number of halogens is 2. The number of ether oxygens (including phenoxy) is 1. The summed E-state index contributed by atoms with van der Waals surface area (Å²) in [5, 5.41) is 7.91. The van der Waals surface area contributed by atoms with Gasteiger partial charge >= 0.3 is 6.09 Å². The van der Waals surface area contributed by atoms with E-state index in [2.05, 4.69) is 25.1 Å². The van der Waals surface area contributed by atoms with Gasteiger partial charge in [-0.3, -0.25) is 10.1 Å². The summed E-state index contributed by atoms with van der Waals surface area (Å²) in [4.78, 5) is 28.9. The molecule has 0 aliphatic rings. The van der Waals surface area contributed by atoms with Gasteiger partial charge in [0.25, 0.3) is 0 Å². The van der Waals surface area contributed by atoms with E-state index >= 15 is 0 Å². The molecule has 1 amide bonds. The van der Waals surface area contributed by atoms with Crippen molar-refractivity contribution >= 4 is 28.5 Å². The zero-order valence-corrected chi connectivity index (χ0v) is 23.3. The molecule has 10 heteroatoms. The number of nitrogens with zero attached hydrogens (tertiary/aromatic N) is 5. The first-order valence-electron chi connectivity index (χ1n) is 13.6. The van der Waals surface area contributed by atoms with Crippen LogP contribution in [0.1, 0.15) is 36.8 Å². The summed E-state index contributed by atoms with van der Waals surface area (Å²) < 4.78 is 33.4. The molecule has 3 heterocycles. The second kappa shape index (κ2) is 11.8. The number of anilines is 2. The highest BCUT2D eigenvalue weighted by Crippen LogP contribution is 2.32. The van der Waals surface area contributed by atoms with Crippen molar-refractivity contribution in [1.82, 2.24) is 25.1 Å². The monoisotopic (exact) mass is 576 g/mol. The second-order valence-electron chi connectivity index (χ2n) is 10.2. The number of fused-ring (bicyclic) bond motifs is 1. The van der Waals surface area contributed by atoms with Crippen molar-refractivity contribution in [2.45, 2.75) is 26.2 Å². The molecule has 43 heavy (non-hydrogen) atoms. The molecule has 1 N–H and O–H groups in total. The molecule has 3 aromatic heterocycles. The number of benzene rings is 3. The fourth-order valence-corrected chi connectivity index (χ4v) is 4.75. The van der Waals surface area contributed by atoms with Crippen LogP contribution in [-0.2, 0) is 6.42 Å². The number of carbonyl (C=O) groups is 1. The van der Waals surface area contributed by atoms with Crippen LogP contribution in [0.4, 0.5) is 25.0 Å². The predicted molar refractivity (Wildman–Crippen MR) is 159 cm³/mol. The first kappa shape index (κ1) is 27.6. The van der Waals surface area contributed by atoms with Crippen LogP contribution >= 0.6 is 0 Å². The average Bonchev–Trinajstić information content (AvgIpc) is 3.43. The van der Waals surface area contributed by atoms with Crippen molar-refractivity contribution in [3.05, 3.63) is 126 Å². The van der Waals surface area contributed by atoms with E-state index in [4.69, 9.17) is 4.74 Å². The third-order valence-corrected chi connectivity index (χ3v) is 6.77. The maximum absolute atomic E-state index is 13.8. The van der Waals surface area contributed by atoms with Crippen molar-refractivity contribution in [1.29, 1.82) is 0 Å². The molecule has 0 aliphatic heterocycles. The first-order chi connectivity index (χ1) is 20.9. The lowest BCUT2D eigenvalue weighted by molar-refractivity contribution is 0.209. The Balaban J connectivity index is 1.35. The maximum atomic E-state index is 13.8. The van der Waals surface area contributed by atoms with Gasteiger partial charge in [0, 0.05) is 24.2 Å². The minimum atomic E-state index is -0.678. The fourth-order valence-electron chi connectivity index (χ4n) is 4.75. The molecule has 0 saturated carbocycles. The summed E-state index contributed by atoms with van der Waals surface area (Å²) in [6.07, 6.45) is 1.19. The Morgan fingerprint density at radius 2 is 1.53 bits per heavy atom. The van der Waals surface area contributed by atoms with Crippen LogP contribution in [-0.4, -0.2) is 31.2 Å². The van der Waals surface area contributed by atoms with Crippen molar-refractivity contribution in [3.63, 3.8) is 0 Å². The highest BCUT2D eigenvalue weighted by atomic mass is 19.1. The Bertz CT molecular complexity index is 1840. The molecule has 0 saturated heterocycles. The van der Waals surface area contributed by atoms with Gasteiger partial charge in [0.05, 0.1) is 22.8 Å². The third-order valence-electron chi connectivity index (χ3n) is 6.77. The first-order valence-corrected chi connectivity index (χ1v) is 13.6. The number of carbonyl (C=O) groups excluding carboxylic acids is 1. The molecule has 3 aromatic carbocycles. The lowest BCUT2D eigenvalue weighted by atomic mass is 10.1. The van der Waals surface area contributed by atoms with E-state index < -0.39 is 17.7 Å². The molecule has 0 atom stereocenters. The largest absolute Gasteiger partial charge is 0.425 e. The quantitative estimate of drug-likeness (QED) is 0.209. The van der Waals surface area contributed by atoms with Gasteiger partial charge in [0.2, 0.25) is 5.88 Å². The van der Waals surface area contributed by atoms with Crippen LogP contribution in [0.25, 0.3) is 22.3 Å². The molecule has 0 bridgehead atoms. The summed E-state index contributed by atoms with van der Waals surface area (Å²) >= 11 is 0. The van der Waals surface area contributed by atoms with E-state index in [1.807, 2.05) is 74.5 Å². The topological polar surface area (TPSA) is 96.9 Å². The molecule has 0 aliphatic carbocycles. The van der Waals surface area contributed by atoms with Crippen LogP contribution < -0.4 is 9.64 Å². The van der Waals surface area contributed by atoms with Gasteiger partial charge in [-0.05, 0) is 53.9 Å². The summed E-state index contributed by atoms with van der Waals surface area (Å²) in [6.45, 7) is 3.98. The molecule has 8 nitrogen and oxygen atoms in total. The highest BCUT2D eigenvalue weighted by Gasteiger charge is 2.25. The average molecular weight is 577 g/mol. The Labute approximate surface area is 246 Å². The minimum Gasteiger partial charge on any atom is -0.390 e. The molecule has 6 rings (SSSR count). The van der Waals surface area contributed by atoms with Gasteiger partial charge in [0.15, 0.2) is 5.65 Å². The minimum absolute atomic E-state index is 0.0284. The predicted octanol–water partition coefficient (Wildman–Crippen LogP) is 7.74.